The number of hydrogen-bond donors (Lipinski definition) is 1. The Morgan fingerprint density at radius 1 is 1.08 bits per heavy atom. The molecule has 10 heteroatoms. The first-order chi connectivity index (χ1) is 17.1. The van der Waals surface area contributed by atoms with Gasteiger partial charge in [-0.05, 0) is 35.4 Å². The molecule has 1 aromatic heterocycles. The number of carbonyl (C=O) groups excluding carboxylic acids is 1. The molecule has 1 heterocycles. The van der Waals surface area contributed by atoms with E-state index >= 15 is 0 Å². The summed E-state index contributed by atoms with van der Waals surface area (Å²) >= 11 is 18.9. The van der Waals surface area contributed by atoms with Gasteiger partial charge in [0, 0.05) is 24.7 Å². The number of aliphatic hydroxyl groups excluding tert-OH is 1. The number of aliphatic hydroxyl groups is 1. The molecule has 0 radical (unpaired) electrons. The first-order valence-corrected chi connectivity index (χ1v) is 12.6. The molecule has 0 amide bonds. The number of carbonyl (C=O) groups is 1. The maximum Gasteiger partial charge on any atom is 0.303 e. The average Bonchev–Trinajstić information content (AvgIpc) is 3.34. The van der Waals surface area contributed by atoms with Crippen molar-refractivity contribution < 1.29 is 24.1 Å². The second kappa shape index (κ2) is 12.7. The van der Waals surface area contributed by atoms with E-state index in [4.69, 9.17) is 49.0 Å². The van der Waals surface area contributed by atoms with Crippen LogP contribution < -0.4 is 9.47 Å². The smallest absolute Gasteiger partial charge is 0.303 e. The van der Waals surface area contributed by atoms with Crippen molar-refractivity contribution in [2.24, 2.45) is 0 Å². The molecular formula is C26H29Cl3N2O5. The SMILES string of the molecule is CC(=O)OC(CCl)COc1c(Cl)cc(C(C)(C)c2ccc(OCC(O)Cn3ccnc3)cc2)cc1Cl. The van der Waals surface area contributed by atoms with E-state index < -0.39 is 23.6 Å². The molecule has 36 heavy (non-hydrogen) atoms. The number of alkyl halides is 1. The highest BCUT2D eigenvalue weighted by Crippen LogP contribution is 2.40. The first-order valence-electron chi connectivity index (χ1n) is 11.3. The monoisotopic (exact) mass is 554 g/mol. The van der Waals surface area contributed by atoms with Crippen LogP contribution in [0.1, 0.15) is 31.9 Å². The maximum atomic E-state index is 11.2. The summed E-state index contributed by atoms with van der Waals surface area (Å²) in [4.78, 5) is 15.1. The Morgan fingerprint density at radius 2 is 1.75 bits per heavy atom. The molecule has 0 aliphatic rings. The molecule has 3 rings (SSSR count). The second-order valence-electron chi connectivity index (χ2n) is 8.84. The van der Waals surface area contributed by atoms with E-state index in [1.165, 1.54) is 6.92 Å². The lowest BCUT2D eigenvalue weighted by atomic mass is 9.78. The molecule has 2 unspecified atom stereocenters. The molecule has 194 valence electrons. The third-order valence-corrected chi connectivity index (χ3v) is 6.54. The third kappa shape index (κ3) is 7.53. The average molecular weight is 556 g/mol. The van der Waals surface area contributed by atoms with E-state index in [0.29, 0.717) is 28.1 Å². The number of rotatable bonds is 12. The molecule has 1 N–H and O–H groups in total. The molecule has 0 spiro atoms. The molecule has 3 aromatic rings. The molecule has 2 aromatic carbocycles. The highest BCUT2D eigenvalue weighted by Gasteiger charge is 2.26. The summed E-state index contributed by atoms with van der Waals surface area (Å²) in [6.45, 7) is 6.03. The Morgan fingerprint density at radius 3 is 2.31 bits per heavy atom. The van der Waals surface area contributed by atoms with Crippen molar-refractivity contribution in [1.29, 1.82) is 0 Å². The van der Waals surface area contributed by atoms with Crippen LogP contribution in [-0.2, 0) is 21.5 Å². The minimum Gasteiger partial charge on any atom is -0.491 e. The fourth-order valence-corrected chi connectivity index (χ4v) is 4.35. The topological polar surface area (TPSA) is 82.8 Å². The number of imidazole rings is 1. The number of esters is 1. The fourth-order valence-electron chi connectivity index (χ4n) is 3.60. The van der Waals surface area contributed by atoms with E-state index in [1.807, 2.05) is 24.3 Å². The van der Waals surface area contributed by atoms with Crippen molar-refractivity contribution in [2.45, 2.75) is 44.9 Å². The summed E-state index contributed by atoms with van der Waals surface area (Å²) < 4.78 is 18.3. The van der Waals surface area contributed by atoms with Gasteiger partial charge < -0.3 is 23.9 Å². The molecule has 0 bridgehead atoms. The van der Waals surface area contributed by atoms with Gasteiger partial charge in [0.1, 0.15) is 31.2 Å². The molecule has 0 aliphatic heterocycles. The van der Waals surface area contributed by atoms with Gasteiger partial charge in [-0.25, -0.2) is 4.98 Å². The van der Waals surface area contributed by atoms with Crippen molar-refractivity contribution in [3.05, 3.63) is 76.3 Å². The van der Waals surface area contributed by atoms with Crippen molar-refractivity contribution in [2.75, 3.05) is 19.1 Å². The highest BCUT2D eigenvalue weighted by atomic mass is 35.5. The zero-order valence-electron chi connectivity index (χ0n) is 20.3. The first kappa shape index (κ1) is 28.1. The Balaban J connectivity index is 1.66. The van der Waals surface area contributed by atoms with Crippen LogP contribution in [0.25, 0.3) is 0 Å². The summed E-state index contributed by atoms with van der Waals surface area (Å²) in [6, 6.07) is 11.3. The number of aromatic nitrogens is 2. The minimum atomic E-state index is -0.658. The number of nitrogens with zero attached hydrogens (tertiary/aromatic N) is 2. The van der Waals surface area contributed by atoms with Crippen LogP contribution in [0.3, 0.4) is 0 Å². The summed E-state index contributed by atoms with van der Waals surface area (Å²) in [5, 5.41) is 10.9. The number of hydrogen-bond acceptors (Lipinski definition) is 6. The van der Waals surface area contributed by atoms with Gasteiger partial charge in [-0.3, -0.25) is 4.79 Å². The van der Waals surface area contributed by atoms with E-state index in [-0.39, 0.29) is 19.1 Å². The minimum absolute atomic E-state index is 0.0315. The van der Waals surface area contributed by atoms with Crippen molar-refractivity contribution >= 4 is 40.8 Å². The lowest BCUT2D eigenvalue weighted by Crippen LogP contribution is -2.26. The van der Waals surface area contributed by atoms with Crippen LogP contribution in [-0.4, -0.2) is 51.9 Å². The zero-order chi connectivity index (χ0) is 26.3. The van der Waals surface area contributed by atoms with Gasteiger partial charge in [0.25, 0.3) is 0 Å². The van der Waals surface area contributed by atoms with Gasteiger partial charge in [-0.1, -0.05) is 49.2 Å². The number of ether oxygens (including phenoxy) is 3. The highest BCUT2D eigenvalue weighted by molar-refractivity contribution is 6.37. The lowest BCUT2D eigenvalue weighted by Gasteiger charge is -2.27. The van der Waals surface area contributed by atoms with E-state index in [1.54, 1.807) is 35.4 Å². The van der Waals surface area contributed by atoms with E-state index in [9.17, 15) is 9.90 Å². The fraction of sp³-hybridized carbons (Fsp3) is 0.385. The van der Waals surface area contributed by atoms with Crippen molar-refractivity contribution in [3.63, 3.8) is 0 Å². The third-order valence-electron chi connectivity index (χ3n) is 5.64. The Bertz CT molecular complexity index is 1110. The summed E-state index contributed by atoms with van der Waals surface area (Å²) in [6.07, 6.45) is 3.83. The van der Waals surface area contributed by atoms with Gasteiger partial charge in [-0.2, -0.15) is 0 Å². The standard InChI is InChI=1S/C26H29Cl3N2O5/c1-17(32)36-22(12-27)15-35-25-23(28)10-19(11-24(25)29)26(2,3)18-4-6-21(7-5-18)34-14-20(33)13-31-9-8-30-16-31/h4-11,16,20,22,33H,12-15H2,1-3H3. The number of benzene rings is 2. The lowest BCUT2D eigenvalue weighted by molar-refractivity contribution is -0.146. The summed E-state index contributed by atoms with van der Waals surface area (Å²) in [5.74, 6) is 0.600. The molecule has 0 saturated heterocycles. The Hall–Kier alpha value is -2.45. The van der Waals surface area contributed by atoms with Gasteiger partial charge >= 0.3 is 5.97 Å². The molecule has 0 aliphatic carbocycles. The van der Waals surface area contributed by atoms with Crippen molar-refractivity contribution in [1.82, 2.24) is 9.55 Å². The summed E-state index contributed by atoms with van der Waals surface area (Å²) in [7, 11) is 0. The largest absolute Gasteiger partial charge is 0.491 e. The maximum absolute atomic E-state index is 11.2. The quantitative estimate of drug-likeness (QED) is 0.235. The number of halogens is 3. The van der Waals surface area contributed by atoms with Crippen molar-refractivity contribution in [3.8, 4) is 11.5 Å². The predicted octanol–water partition coefficient (Wildman–Crippen LogP) is 5.51. The zero-order valence-corrected chi connectivity index (χ0v) is 22.6. The summed E-state index contributed by atoms with van der Waals surface area (Å²) in [5.41, 5.74) is 1.48. The Labute approximate surface area is 225 Å². The van der Waals surface area contributed by atoms with E-state index in [0.717, 1.165) is 11.1 Å². The van der Waals surface area contributed by atoms with Gasteiger partial charge in [-0.15, -0.1) is 11.6 Å². The molecule has 0 fully saturated rings. The van der Waals surface area contributed by atoms with Crippen LogP contribution in [0, 0.1) is 0 Å². The molecule has 2 atom stereocenters. The van der Waals surface area contributed by atoms with Gasteiger partial charge in [0.05, 0.1) is 28.8 Å². The van der Waals surface area contributed by atoms with Crippen LogP contribution in [0.2, 0.25) is 10.0 Å². The van der Waals surface area contributed by atoms with E-state index in [2.05, 4.69) is 18.8 Å². The predicted molar refractivity (Wildman–Crippen MR) is 141 cm³/mol. The normalized spacial score (nSPS) is 13.2. The van der Waals surface area contributed by atoms with Gasteiger partial charge in [0.15, 0.2) is 5.75 Å². The van der Waals surface area contributed by atoms with Crippen LogP contribution in [0.5, 0.6) is 11.5 Å². The van der Waals surface area contributed by atoms with Gasteiger partial charge in [0.2, 0.25) is 0 Å². The Kier molecular flexibility index (Phi) is 9.91. The van der Waals surface area contributed by atoms with Crippen LogP contribution in [0.4, 0.5) is 0 Å². The van der Waals surface area contributed by atoms with Crippen LogP contribution >= 0.6 is 34.8 Å². The molecule has 0 saturated carbocycles. The second-order valence-corrected chi connectivity index (χ2v) is 9.96. The van der Waals surface area contributed by atoms with Crippen LogP contribution in [0.15, 0.2) is 55.1 Å². The molecular weight excluding hydrogens is 527 g/mol. The molecule has 7 nitrogen and oxygen atoms in total.